The van der Waals surface area contributed by atoms with Crippen LogP contribution in [0.2, 0.25) is 0 Å². The standard InChI is InChI=1S/C18H18BrN3O3/c1-3-25-17-8-7-13(9-16(17)19)11-20-22-18(24)14-5-4-6-15(10-14)21-12(2)23/h4-11H,3H2,1-2H3,(H,21,23)(H,22,24). The highest BCUT2D eigenvalue weighted by Gasteiger charge is 2.06. The maximum Gasteiger partial charge on any atom is 0.271 e. The topological polar surface area (TPSA) is 79.8 Å². The summed E-state index contributed by atoms with van der Waals surface area (Å²) in [6.07, 6.45) is 1.54. The lowest BCUT2D eigenvalue weighted by molar-refractivity contribution is -0.114. The number of carbonyl (C=O) groups excluding carboxylic acids is 2. The van der Waals surface area contributed by atoms with Crippen LogP contribution in [-0.4, -0.2) is 24.6 Å². The van der Waals surface area contributed by atoms with E-state index in [2.05, 4.69) is 31.8 Å². The van der Waals surface area contributed by atoms with Gasteiger partial charge in [-0.15, -0.1) is 0 Å². The number of carbonyl (C=O) groups is 2. The second-order valence-corrected chi connectivity index (χ2v) is 5.94. The van der Waals surface area contributed by atoms with E-state index >= 15 is 0 Å². The summed E-state index contributed by atoms with van der Waals surface area (Å²) in [5, 5.41) is 6.58. The molecule has 2 aromatic rings. The van der Waals surface area contributed by atoms with Crippen LogP contribution in [0, 0.1) is 0 Å². The Kier molecular flexibility index (Phi) is 6.71. The van der Waals surface area contributed by atoms with Crippen LogP contribution < -0.4 is 15.5 Å². The van der Waals surface area contributed by atoms with Crippen molar-refractivity contribution in [2.45, 2.75) is 13.8 Å². The molecule has 0 unspecified atom stereocenters. The minimum atomic E-state index is -0.367. The Morgan fingerprint density at radius 1 is 1.24 bits per heavy atom. The number of ether oxygens (including phenoxy) is 1. The molecule has 2 rings (SSSR count). The molecule has 0 aliphatic heterocycles. The highest BCUT2D eigenvalue weighted by molar-refractivity contribution is 9.10. The molecule has 0 radical (unpaired) electrons. The number of rotatable bonds is 6. The summed E-state index contributed by atoms with van der Waals surface area (Å²) in [5.41, 5.74) is 4.22. The van der Waals surface area contributed by atoms with Gasteiger partial charge >= 0.3 is 0 Å². The van der Waals surface area contributed by atoms with E-state index in [1.807, 2.05) is 25.1 Å². The average Bonchev–Trinajstić information content (AvgIpc) is 2.57. The molecule has 0 aliphatic carbocycles. The summed E-state index contributed by atoms with van der Waals surface area (Å²) in [6.45, 7) is 3.91. The number of halogens is 1. The van der Waals surface area contributed by atoms with Gasteiger partial charge in [-0.2, -0.15) is 5.10 Å². The van der Waals surface area contributed by atoms with Crippen LogP contribution in [0.3, 0.4) is 0 Å². The van der Waals surface area contributed by atoms with Gasteiger partial charge in [0.25, 0.3) is 5.91 Å². The average molecular weight is 404 g/mol. The van der Waals surface area contributed by atoms with Crippen LogP contribution >= 0.6 is 15.9 Å². The van der Waals surface area contributed by atoms with E-state index in [1.54, 1.807) is 24.3 Å². The van der Waals surface area contributed by atoms with Crippen molar-refractivity contribution in [3.63, 3.8) is 0 Å². The number of hydrogen-bond acceptors (Lipinski definition) is 4. The maximum absolute atomic E-state index is 12.1. The Balaban J connectivity index is 2.00. The predicted octanol–water partition coefficient (Wildman–Crippen LogP) is 3.57. The van der Waals surface area contributed by atoms with Crippen LogP contribution in [0.5, 0.6) is 5.75 Å². The minimum Gasteiger partial charge on any atom is -0.493 e. The van der Waals surface area contributed by atoms with Crippen molar-refractivity contribution in [2.24, 2.45) is 5.10 Å². The van der Waals surface area contributed by atoms with Crippen LogP contribution in [0.4, 0.5) is 5.69 Å². The van der Waals surface area contributed by atoms with Crippen molar-refractivity contribution < 1.29 is 14.3 Å². The van der Waals surface area contributed by atoms with Gasteiger partial charge in [0.2, 0.25) is 5.91 Å². The smallest absolute Gasteiger partial charge is 0.271 e. The highest BCUT2D eigenvalue weighted by atomic mass is 79.9. The van der Waals surface area contributed by atoms with E-state index in [0.29, 0.717) is 17.9 Å². The normalized spacial score (nSPS) is 10.5. The van der Waals surface area contributed by atoms with Gasteiger partial charge in [0, 0.05) is 18.2 Å². The van der Waals surface area contributed by atoms with E-state index in [0.717, 1.165) is 15.8 Å². The molecular weight excluding hydrogens is 386 g/mol. The van der Waals surface area contributed by atoms with Crippen molar-refractivity contribution in [3.05, 3.63) is 58.1 Å². The number of amides is 2. The zero-order valence-corrected chi connectivity index (χ0v) is 15.5. The Morgan fingerprint density at radius 3 is 2.72 bits per heavy atom. The van der Waals surface area contributed by atoms with Crippen molar-refractivity contribution in [3.8, 4) is 5.75 Å². The molecule has 130 valence electrons. The third kappa shape index (κ3) is 5.72. The predicted molar refractivity (Wildman–Crippen MR) is 101 cm³/mol. The van der Waals surface area contributed by atoms with Crippen molar-refractivity contribution in [2.75, 3.05) is 11.9 Å². The van der Waals surface area contributed by atoms with E-state index in [1.165, 1.54) is 13.1 Å². The zero-order chi connectivity index (χ0) is 18.2. The number of benzene rings is 2. The van der Waals surface area contributed by atoms with Crippen LogP contribution in [0.1, 0.15) is 29.8 Å². The Bertz CT molecular complexity index is 806. The summed E-state index contributed by atoms with van der Waals surface area (Å²) in [5.74, 6) is 0.184. The van der Waals surface area contributed by atoms with Crippen LogP contribution in [0.25, 0.3) is 0 Å². The molecule has 0 bridgehead atoms. The van der Waals surface area contributed by atoms with Crippen molar-refractivity contribution in [1.29, 1.82) is 0 Å². The fraction of sp³-hybridized carbons (Fsp3) is 0.167. The molecule has 25 heavy (non-hydrogen) atoms. The lowest BCUT2D eigenvalue weighted by Gasteiger charge is -2.06. The van der Waals surface area contributed by atoms with Gasteiger partial charge in [0.05, 0.1) is 17.3 Å². The van der Waals surface area contributed by atoms with Gasteiger partial charge in [-0.05, 0) is 64.8 Å². The van der Waals surface area contributed by atoms with Crippen molar-refractivity contribution in [1.82, 2.24) is 5.43 Å². The quantitative estimate of drug-likeness (QED) is 0.571. The SMILES string of the molecule is CCOc1ccc(C=NNC(=O)c2cccc(NC(C)=O)c2)cc1Br. The fourth-order valence-corrected chi connectivity index (χ4v) is 2.55. The molecular formula is C18H18BrN3O3. The second kappa shape index (κ2) is 8.98. The molecule has 7 heteroatoms. The first-order valence-electron chi connectivity index (χ1n) is 7.63. The van der Waals surface area contributed by atoms with Crippen LogP contribution in [0.15, 0.2) is 52.0 Å². The van der Waals surface area contributed by atoms with Crippen LogP contribution in [-0.2, 0) is 4.79 Å². The lowest BCUT2D eigenvalue weighted by atomic mass is 10.2. The number of hydrazone groups is 1. The molecule has 0 atom stereocenters. The summed E-state index contributed by atoms with van der Waals surface area (Å²) in [7, 11) is 0. The molecule has 0 heterocycles. The first-order valence-corrected chi connectivity index (χ1v) is 8.42. The van der Waals surface area contributed by atoms with Gasteiger partial charge in [-0.3, -0.25) is 9.59 Å². The van der Waals surface area contributed by atoms with Gasteiger partial charge in [0.1, 0.15) is 5.75 Å². The van der Waals surface area contributed by atoms with E-state index < -0.39 is 0 Å². The molecule has 2 amide bonds. The van der Waals surface area contributed by atoms with E-state index in [4.69, 9.17) is 4.74 Å². The molecule has 0 saturated carbocycles. The zero-order valence-electron chi connectivity index (χ0n) is 13.9. The Hall–Kier alpha value is -2.67. The monoisotopic (exact) mass is 403 g/mol. The summed E-state index contributed by atoms with van der Waals surface area (Å²) in [4.78, 5) is 23.2. The molecule has 2 aromatic carbocycles. The Morgan fingerprint density at radius 2 is 2.04 bits per heavy atom. The van der Waals surface area contributed by atoms with Gasteiger partial charge < -0.3 is 10.1 Å². The molecule has 0 aromatic heterocycles. The number of nitrogens with zero attached hydrogens (tertiary/aromatic N) is 1. The Labute approximate surface area is 154 Å². The van der Waals surface area contributed by atoms with Gasteiger partial charge in [-0.1, -0.05) is 6.07 Å². The molecule has 0 saturated heterocycles. The number of nitrogens with one attached hydrogen (secondary N) is 2. The van der Waals surface area contributed by atoms with Crippen molar-refractivity contribution >= 4 is 39.6 Å². The molecule has 0 spiro atoms. The first-order chi connectivity index (χ1) is 12.0. The minimum absolute atomic E-state index is 0.198. The summed E-state index contributed by atoms with van der Waals surface area (Å²) >= 11 is 3.42. The summed E-state index contributed by atoms with van der Waals surface area (Å²) in [6, 6.07) is 12.1. The van der Waals surface area contributed by atoms with Gasteiger partial charge in [0.15, 0.2) is 0 Å². The third-order valence-electron chi connectivity index (χ3n) is 3.08. The lowest BCUT2D eigenvalue weighted by Crippen LogP contribution is -2.18. The van der Waals surface area contributed by atoms with E-state index in [9.17, 15) is 9.59 Å². The first kappa shape index (κ1) is 18.7. The highest BCUT2D eigenvalue weighted by Crippen LogP contribution is 2.25. The summed E-state index contributed by atoms with van der Waals surface area (Å²) < 4.78 is 6.25. The number of anilines is 1. The van der Waals surface area contributed by atoms with Gasteiger partial charge in [-0.25, -0.2) is 5.43 Å². The fourth-order valence-electron chi connectivity index (χ4n) is 2.04. The molecule has 0 fully saturated rings. The second-order valence-electron chi connectivity index (χ2n) is 5.08. The van der Waals surface area contributed by atoms with E-state index in [-0.39, 0.29) is 11.8 Å². The molecule has 0 aliphatic rings. The third-order valence-corrected chi connectivity index (χ3v) is 3.70. The molecule has 2 N–H and O–H groups in total. The maximum atomic E-state index is 12.1. The number of hydrogen-bond donors (Lipinski definition) is 2. The molecule has 6 nitrogen and oxygen atoms in total. The largest absolute Gasteiger partial charge is 0.493 e.